The van der Waals surface area contributed by atoms with E-state index in [-0.39, 0.29) is 12.1 Å². The molecule has 3 N–H and O–H groups in total. The van der Waals surface area contributed by atoms with Crippen LogP contribution in [0.4, 0.5) is 0 Å². The minimum atomic E-state index is -1.09. The van der Waals surface area contributed by atoms with Gasteiger partial charge in [0, 0.05) is 6.42 Å². The summed E-state index contributed by atoms with van der Waals surface area (Å²) in [7, 11) is 0. The molecule has 0 aliphatic rings. The first-order valence-corrected chi connectivity index (χ1v) is 3.84. The maximum absolute atomic E-state index is 10.4. The minimum absolute atomic E-state index is 0.105. The van der Waals surface area contributed by atoms with E-state index in [2.05, 4.69) is 10.2 Å². The zero-order valence-electron chi connectivity index (χ0n) is 7.21. The van der Waals surface area contributed by atoms with Gasteiger partial charge in [-0.05, 0) is 12.1 Å². The van der Waals surface area contributed by atoms with Crippen LogP contribution in [-0.4, -0.2) is 27.3 Å². The molecular weight excluding hydrogens is 184 g/mol. The van der Waals surface area contributed by atoms with Crippen LogP contribution in [0.1, 0.15) is 11.4 Å². The van der Waals surface area contributed by atoms with Gasteiger partial charge in [-0.2, -0.15) is 10.4 Å². The second-order valence-corrected chi connectivity index (χ2v) is 2.67. The van der Waals surface area contributed by atoms with E-state index in [0.29, 0.717) is 5.69 Å². The molecule has 0 radical (unpaired) electrons. The van der Waals surface area contributed by atoms with Crippen LogP contribution in [0.2, 0.25) is 0 Å². The van der Waals surface area contributed by atoms with Gasteiger partial charge in [0.15, 0.2) is 5.69 Å². The molecule has 0 saturated carbocycles. The Bertz CT molecular complexity index is 368. The van der Waals surface area contributed by atoms with E-state index >= 15 is 0 Å². The van der Waals surface area contributed by atoms with Gasteiger partial charge in [-0.1, -0.05) is 0 Å². The monoisotopic (exact) mass is 192 g/mol. The van der Waals surface area contributed by atoms with Crippen molar-refractivity contribution in [3.63, 3.8) is 0 Å². The summed E-state index contributed by atoms with van der Waals surface area (Å²) in [5, 5.41) is 24.2. The van der Waals surface area contributed by atoms with Gasteiger partial charge in [-0.25, -0.2) is 0 Å². The van der Waals surface area contributed by atoms with Crippen LogP contribution in [0.15, 0.2) is 12.1 Å². The molecule has 0 aliphatic carbocycles. The summed E-state index contributed by atoms with van der Waals surface area (Å²) in [4.78, 5) is 10.4. The van der Waals surface area contributed by atoms with Crippen molar-refractivity contribution in [2.45, 2.75) is 12.5 Å². The van der Waals surface area contributed by atoms with Crippen molar-refractivity contribution >= 4 is 5.97 Å². The third kappa shape index (κ3) is 2.50. The summed E-state index contributed by atoms with van der Waals surface area (Å²) in [6.45, 7) is 0. The van der Waals surface area contributed by atoms with Crippen molar-refractivity contribution in [2.24, 2.45) is 5.73 Å². The largest absolute Gasteiger partial charge is 0.480 e. The molecule has 72 valence electrons. The van der Waals surface area contributed by atoms with E-state index in [0.717, 1.165) is 0 Å². The van der Waals surface area contributed by atoms with Gasteiger partial charge in [0.1, 0.15) is 12.1 Å². The Labute approximate surface area is 80.0 Å². The van der Waals surface area contributed by atoms with Crippen LogP contribution >= 0.6 is 0 Å². The average Bonchev–Trinajstić information content (AvgIpc) is 2.19. The SMILES string of the molecule is N#Cc1ccc(C[C@H](N)C(=O)O)nn1. The van der Waals surface area contributed by atoms with Gasteiger partial charge in [-0.3, -0.25) is 4.79 Å². The molecule has 0 saturated heterocycles. The maximum Gasteiger partial charge on any atom is 0.320 e. The molecule has 0 bridgehead atoms. The lowest BCUT2D eigenvalue weighted by atomic mass is 10.1. The summed E-state index contributed by atoms with van der Waals surface area (Å²) in [5.41, 5.74) is 5.94. The van der Waals surface area contributed by atoms with Gasteiger partial charge < -0.3 is 10.8 Å². The van der Waals surface area contributed by atoms with Crippen molar-refractivity contribution in [1.82, 2.24) is 10.2 Å². The lowest BCUT2D eigenvalue weighted by Crippen LogP contribution is -2.32. The number of carboxylic acids is 1. The van der Waals surface area contributed by atoms with E-state index in [1.54, 1.807) is 0 Å². The molecule has 0 amide bonds. The molecule has 0 spiro atoms. The number of hydrogen-bond acceptors (Lipinski definition) is 5. The number of aliphatic carboxylic acids is 1. The molecule has 0 aliphatic heterocycles. The molecular formula is C8H8N4O2. The number of carboxylic acid groups (broad SMARTS) is 1. The lowest BCUT2D eigenvalue weighted by Gasteiger charge is -2.03. The van der Waals surface area contributed by atoms with Gasteiger partial charge in [-0.15, -0.1) is 5.10 Å². The van der Waals surface area contributed by atoms with E-state index in [1.807, 2.05) is 6.07 Å². The van der Waals surface area contributed by atoms with Crippen LogP contribution in [0.5, 0.6) is 0 Å². The molecule has 0 unspecified atom stereocenters. The van der Waals surface area contributed by atoms with Gasteiger partial charge >= 0.3 is 5.97 Å². The van der Waals surface area contributed by atoms with E-state index in [4.69, 9.17) is 16.1 Å². The number of carbonyl (C=O) groups is 1. The predicted molar refractivity (Wildman–Crippen MR) is 46.1 cm³/mol. The predicted octanol–water partition coefficient (Wildman–Crippen LogP) is -0.697. The Morgan fingerprint density at radius 1 is 1.64 bits per heavy atom. The highest BCUT2D eigenvalue weighted by molar-refractivity contribution is 5.73. The summed E-state index contributed by atoms with van der Waals surface area (Å²) in [6, 6.07) is 3.83. The number of hydrogen-bond donors (Lipinski definition) is 2. The Hall–Kier alpha value is -2.00. The van der Waals surface area contributed by atoms with Gasteiger partial charge in [0.25, 0.3) is 0 Å². The van der Waals surface area contributed by atoms with Crippen LogP contribution in [0.3, 0.4) is 0 Å². The normalized spacial score (nSPS) is 11.7. The van der Waals surface area contributed by atoms with Crippen LogP contribution in [-0.2, 0) is 11.2 Å². The second kappa shape index (κ2) is 4.30. The molecule has 0 fully saturated rings. The number of aromatic nitrogens is 2. The first-order chi connectivity index (χ1) is 6.63. The van der Waals surface area contributed by atoms with Gasteiger partial charge in [0.05, 0.1) is 5.69 Å². The fourth-order valence-electron chi connectivity index (χ4n) is 0.841. The van der Waals surface area contributed by atoms with Crippen molar-refractivity contribution < 1.29 is 9.90 Å². The minimum Gasteiger partial charge on any atom is -0.480 e. The first kappa shape index (κ1) is 10.1. The molecule has 6 nitrogen and oxygen atoms in total. The van der Waals surface area contributed by atoms with E-state index in [1.165, 1.54) is 12.1 Å². The molecule has 1 aromatic heterocycles. The maximum atomic E-state index is 10.4. The molecule has 0 aromatic carbocycles. The number of nitriles is 1. The van der Waals surface area contributed by atoms with Crippen LogP contribution in [0.25, 0.3) is 0 Å². The zero-order chi connectivity index (χ0) is 10.6. The summed E-state index contributed by atoms with van der Waals surface area (Å²) >= 11 is 0. The molecule has 1 aromatic rings. The topological polar surface area (TPSA) is 113 Å². The Balaban J connectivity index is 2.70. The van der Waals surface area contributed by atoms with Crippen LogP contribution < -0.4 is 5.73 Å². The van der Waals surface area contributed by atoms with Crippen molar-refractivity contribution in [3.05, 3.63) is 23.5 Å². The number of nitrogens with two attached hydrogens (primary N) is 1. The Morgan fingerprint density at radius 2 is 2.36 bits per heavy atom. The summed E-state index contributed by atoms with van der Waals surface area (Å²) in [5.74, 6) is -1.09. The zero-order valence-corrected chi connectivity index (χ0v) is 7.21. The number of rotatable bonds is 3. The van der Waals surface area contributed by atoms with Crippen molar-refractivity contribution in [2.75, 3.05) is 0 Å². The van der Waals surface area contributed by atoms with E-state index in [9.17, 15) is 4.79 Å². The average molecular weight is 192 g/mol. The fraction of sp³-hybridized carbons (Fsp3) is 0.250. The van der Waals surface area contributed by atoms with Gasteiger partial charge in [0.2, 0.25) is 0 Å². The number of nitrogens with zero attached hydrogens (tertiary/aromatic N) is 3. The Kier molecular flexibility index (Phi) is 3.09. The molecule has 6 heteroatoms. The summed E-state index contributed by atoms with van der Waals surface area (Å²) in [6.07, 6.45) is 0.105. The quantitative estimate of drug-likeness (QED) is 0.654. The molecule has 1 rings (SSSR count). The molecule has 1 atom stereocenters. The third-order valence-corrected chi connectivity index (χ3v) is 1.58. The highest BCUT2D eigenvalue weighted by atomic mass is 16.4. The first-order valence-electron chi connectivity index (χ1n) is 3.84. The third-order valence-electron chi connectivity index (χ3n) is 1.58. The van der Waals surface area contributed by atoms with E-state index < -0.39 is 12.0 Å². The van der Waals surface area contributed by atoms with Crippen molar-refractivity contribution in [3.8, 4) is 6.07 Å². The van der Waals surface area contributed by atoms with Crippen LogP contribution in [0, 0.1) is 11.3 Å². The standard InChI is InChI=1S/C8H8N4O2/c9-4-6-2-1-5(11-12-6)3-7(10)8(13)14/h1-2,7H,3,10H2,(H,13,14)/t7-/m0/s1. The molecule has 14 heavy (non-hydrogen) atoms. The summed E-state index contributed by atoms with van der Waals surface area (Å²) < 4.78 is 0. The van der Waals surface area contributed by atoms with Crippen molar-refractivity contribution in [1.29, 1.82) is 5.26 Å². The fourth-order valence-corrected chi connectivity index (χ4v) is 0.841. The highest BCUT2D eigenvalue weighted by Gasteiger charge is 2.12. The highest BCUT2D eigenvalue weighted by Crippen LogP contribution is 1.98. The smallest absolute Gasteiger partial charge is 0.320 e. The lowest BCUT2D eigenvalue weighted by molar-refractivity contribution is -0.138. The molecule has 1 heterocycles. The second-order valence-electron chi connectivity index (χ2n) is 2.67. The Morgan fingerprint density at radius 3 is 2.79 bits per heavy atom.